The van der Waals surface area contributed by atoms with E-state index < -0.39 is 12.2 Å². The van der Waals surface area contributed by atoms with Crippen molar-refractivity contribution in [3.05, 3.63) is 57.6 Å². The Morgan fingerprint density at radius 3 is 2.43 bits per heavy atom. The van der Waals surface area contributed by atoms with Gasteiger partial charge in [0.2, 0.25) is 0 Å². The lowest BCUT2D eigenvalue weighted by Crippen LogP contribution is -2.34. The standard InChI is InChI=1S/C24H27ClO5/c25-22-17(9-14-1-3-15(4-2-14)16-5-6-16)10-20(23-24(22)29-8-7-28-23)21-12-18(27)11-19(13-26)30-21/h1-4,10,16,18-19,21,26-27H,5-9,11-13H2. The molecule has 6 heteroatoms. The molecule has 0 aromatic heterocycles. The minimum Gasteiger partial charge on any atom is -0.486 e. The first-order valence-corrected chi connectivity index (χ1v) is 11.1. The summed E-state index contributed by atoms with van der Waals surface area (Å²) in [5, 5.41) is 20.4. The van der Waals surface area contributed by atoms with Crippen LogP contribution in [0.5, 0.6) is 11.5 Å². The Bertz CT molecular complexity index is 909. The summed E-state index contributed by atoms with van der Waals surface area (Å²) in [6.07, 6.45) is 2.82. The largest absolute Gasteiger partial charge is 0.486 e. The third-order valence-electron chi connectivity index (χ3n) is 6.21. The van der Waals surface area contributed by atoms with E-state index in [2.05, 4.69) is 24.3 Å². The molecule has 0 spiro atoms. The van der Waals surface area contributed by atoms with Gasteiger partial charge in [-0.3, -0.25) is 0 Å². The number of ether oxygens (including phenoxy) is 3. The van der Waals surface area contributed by atoms with Crippen molar-refractivity contribution in [2.24, 2.45) is 0 Å². The second-order valence-electron chi connectivity index (χ2n) is 8.54. The fraction of sp³-hybridized carbons (Fsp3) is 0.500. The van der Waals surface area contributed by atoms with Crippen LogP contribution in [0.25, 0.3) is 0 Å². The zero-order valence-corrected chi connectivity index (χ0v) is 17.6. The van der Waals surface area contributed by atoms with Crippen LogP contribution in [0.2, 0.25) is 5.02 Å². The van der Waals surface area contributed by atoms with Crippen LogP contribution >= 0.6 is 11.6 Å². The third kappa shape index (κ3) is 4.04. The molecule has 5 nitrogen and oxygen atoms in total. The molecule has 2 N–H and O–H groups in total. The monoisotopic (exact) mass is 430 g/mol. The van der Waals surface area contributed by atoms with Crippen molar-refractivity contribution in [1.82, 2.24) is 0 Å². The van der Waals surface area contributed by atoms with Crippen LogP contribution in [0, 0.1) is 0 Å². The highest BCUT2D eigenvalue weighted by Crippen LogP contribution is 2.48. The van der Waals surface area contributed by atoms with E-state index in [0.29, 0.717) is 49.0 Å². The van der Waals surface area contributed by atoms with Gasteiger partial charge in [0.25, 0.3) is 0 Å². The van der Waals surface area contributed by atoms with Crippen LogP contribution in [0.4, 0.5) is 0 Å². The van der Waals surface area contributed by atoms with Gasteiger partial charge < -0.3 is 24.4 Å². The van der Waals surface area contributed by atoms with Crippen LogP contribution < -0.4 is 9.47 Å². The van der Waals surface area contributed by atoms with Crippen molar-refractivity contribution >= 4 is 11.6 Å². The smallest absolute Gasteiger partial charge is 0.180 e. The average Bonchev–Trinajstić information content (AvgIpc) is 3.61. The van der Waals surface area contributed by atoms with Crippen LogP contribution in [-0.2, 0) is 11.2 Å². The number of rotatable bonds is 5. The van der Waals surface area contributed by atoms with Crippen LogP contribution in [0.3, 0.4) is 0 Å². The molecule has 0 bridgehead atoms. The molecule has 5 rings (SSSR count). The molecule has 1 aliphatic carbocycles. The number of halogens is 1. The normalized spacial score (nSPS) is 25.9. The Kier molecular flexibility index (Phi) is 5.63. The predicted octanol–water partition coefficient (Wildman–Crippen LogP) is 4.15. The topological polar surface area (TPSA) is 68.2 Å². The average molecular weight is 431 g/mol. The van der Waals surface area contributed by atoms with Gasteiger partial charge in [0, 0.05) is 18.4 Å². The molecule has 0 amide bonds. The van der Waals surface area contributed by atoms with E-state index in [4.69, 9.17) is 25.8 Å². The van der Waals surface area contributed by atoms with E-state index in [1.165, 1.54) is 24.0 Å². The number of fused-ring (bicyclic) bond motifs is 1. The maximum absolute atomic E-state index is 10.3. The Morgan fingerprint density at radius 2 is 1.73 bits per heavy atom. The SMILES string of the molecule is OCC1CC(O)CC(c2cc(Cc3ccc(C4CC4)cc3)c(Cl)c3c2OCCO3)O1. The molecule has 30 heavy (non-hydrogen) atoms. The first-order valence-electron chi connectivity index (χ1n) is 10.8. The van der Waals surface area contributed by atoms with Gasteiger partial charge in [-0.25, -0.2) is 0 Å². The van der Waals surface area contributed by atoms with E-state index in [1.807, 2.05) is 6.07 Å². The molecule has 1 saturated carbocycles. The van der Waals surface area contributed by atoms with Gasteiger partial charge >= 0.3 is 0 Å². The summed E-state index contributed by atoms with van der Waals surface area (Å²) in [5.74, 6) is 1.88. The van der Waals surface area contributed by atoms with Crippen molar-refractivity contribution < 1.29 is 24.4 Å². The van der Waals surface area contributed by atoms with Gasteiger partial charge in [-0.15, -0.1) is 0 Å². The second-order valence-corrected chi connectivity index (χ2v) is 8.92. The van der Waals surface area contributed by atoms with Crippen molar-refractivity contribution in [3.8, 4) is 11.5 Å². The summed E-state index contributed by atoms with van der Waals surface area (Å²) in [6.45, 7) is 0.761. The Balaban J connectivity index is 1.48. The van der Waals surface area contributed by atoms with Crippen molar-refractivity contribution in [1.29, 1.82) is 0 Å². The van der Waals surface area contributed by atoms with E-state index >= 15 is 0 Å². The van der Waals surface area contributed by atoms with Gasteiger partial charge in [-0.05, 0) is 47.9 Å². The molecule has 2 aromatic carbocycles. The van der Waals surface area contributed by atoms with Crippen LogP contribution in [-0.4, -0.2) is 42.2 Å². The molecule has 2 fully saturated rings. The fourth-order valence-electron chi connectivity index (χ4n) is 4.48. The van der Waals surface area contributed by atoms with Gasteiger partial charge in [0.1, 0.15) is 13.2 Å². The zero-order chi connectivity index (χ0) is 20.7. The van der Waals surface area contributed by atoms with E-state index in [-0.39, 0.29) is 12.7 Å². The van der Waals surface area contributed by atoms with Crippen molar-refractivity contribution in [3.63, 3.8) is 0 Å². The molecule has 1 saturated heterocycles. The van der Waals surface area contributed by atoms with Crippen LogP contribution in [0.1, 0.15) is 60.0 Å². The summed E-state index contributed by atoms with van der Waals surface area (Å²) >= 11 is 6.73. The zero-order valence-electron chi connectivity index (χ0n) is 16.9. The minimum atomic E-state index is -0.532. The summed E-state index contributed by atoms with van der Waals surface area (Å²) < 4.78 is 17.9. The number of aliphatic hydroxyl groups is 2. The Hall–Kier alpha value is -1.79. The van der Waals surface area contributed by atoms with Gasteiger partial charge in [0.05, 0.1) is 29.9 Å². The lowest BCUT2D eigenvalue weighted by atomic mass is 9.92. The maximum atomic E-state index is 10.3. The maximum Gasteiger partial charge on any atom is 0.180 e. The lowest BCUT2D eigenvalue weighted by Gasteiger charge is -2.34. The van der Waals surface area contributed by atoms with Gasteiger partial charge in [-0.1, -0.05) is 35.9 Å². The number of aliphatic hydroxyl groups excluding tert-OH is 2. The molecule has 2 aliphatic heterocycles. The van der Waals surface area contributed by atoms with Gasteiger partial charge in [-0.2, -0.15) is 0 Å². The third-order valence-corrected chi connectivity index (χ3v) is 6.62. The lowest BCUT2D eigenvalue weighted by molar-refractivity contribution is -0.114. The van der Waals surface area contributed by atoms with E-state index in [0.717, 1.165) is 17.0 Å². The molecular weight excluding hydrogens is 404 g/mol. The van der Waals surface area contributed by atoms with Crippen molar-refractivity contribution in [2.75, 3.05) is 19.8 Å². The Morgan fingerprint density at radius 1 is 1.00 bits per heavy atom. The first kappa shape index (κ1) is 20.1. The highest BCUT2D eigenvalue weighted by atomic mass is 35.5. The molecular formula is C24H27ClO5. The molecule has 3 atom stereocenters. The number of hydrogen-bond acceptors (Lipinski definition) is 5. The van der Waals surface area contributed by atoms with Crippen LogP contribution in [0.15, 0.2) is 30.3 Å². The quantitative estimate of drug-likeness (QED) is 0.745. The highest BCUT2D eigenvalue weighted by Gasteiger charge is 2.34. The summed E-state index contributed by atoms with van der Waals surface area (Å²) in [6, 6.07) is 10.8. The Labute approximate surface area is 181 Å². The minimum absolute atomic E-state index is 0.124. The number of hydrogen-bond donors (Lipinski definition) is 2. The summed E-state index contributed by atoms with van der Waals surface area (Å²) in [7, 11) is 0. The molecule has 3 unspecified atom stereocenters. The summed E-state index contributed by atoms with van der Waals surface area (Å²) in [4.78, 5) is 0. The number of benzene rings is 2. The highest BCUT2D eigenvalue weighted by molar-refractivity contribution is 6.33. The molecule has 0 radical (unpaired) electrons. The predicted molar refractivity (Wildman–Crippen MR) is 114 cm³/mol. The molecule has 2 aromatic rings. The summed E-state index contributed by atoms with van der Waals surface area (Å²) in [5.41, 5.74) is 4.37. The molecule has 160 valence electrons. The van der Waals surface area contributed by atoms with E-state index in [9.17, 15) is 10.2 Å². The fourth-order valence-corrected chi connectivity index (χ4v) is 4.74. The van der Waals surface area contributed by atoms with Crippen molar-refractivity contribution in [2.45, 2.75) is 56.3 Å². The van der Waals surface area contributed by atoms with E-state index in [1.54, 1.807) is 0 Å². The molecule has 2 heterocycles. The van der Waals surface area contributed by atoms with Gasteiger partial charge in [0.15, 0.2) is 11.5 Å². The second kappa shape index (κ2) is 8.39. The molecule has 3 aliphatic rings. The first-order chi connectivity index (χ1) is 14.6.